The van der Waals surface area contributed by atoms with Gasteiger partial charge < -0.3 is 9.72 Å². The van der Waals surface area contributed by atoms with E-state index in [2.05, 4.69) is 4.98 Å². The molecular formula is C24H29NO5S. The van der Waals surface area contributed by atoms with Gasteiger partial charge in [-0.1, -0.05) is 35.9 Å². The van der Waals surface area contributed by atoms with Gasteiger partial charge in [-0.05, 0) is 63.8 Å². The van der Waals surface area contributed by atoms with Crippen LogP contribution in [0.5, 0.6) is 0 Å². The Kier molecular flexibility index (Phi) is 6.86. The van der Waals surface area contributed by atoms with Crippen LogP contribution in [0.4, 0.5) is 0 Å². The molecule has 1 aromatic heterocycles. The van der Waals surface area contributed by atoms with E-state index in [1.54, 1.807) is 32.9 Å². The number of hydrogen-bond acceptors (Lipinski definition) is 5. The van der Waals surface area contributed by atoms with Crippen LogP contribution < -0.4 is 0 Å². The number of aryl methyl sites for hydroxylation is 1. The van der Waals surface area contributed by atoms with Gasteiger partial charge in [0.1, 0.15) is 5.60 Å². The van der Waals surface area contributed by atoms with E-state index in [9.17, 15) is 13.2 Å². The molecule has 1 N–H and O–H groups in total. The van der Waals surface area contributed by atoms with Gasteiger partial charge in [0.25, 0.3) is 10.1 Å². The summed E-state index contributed by atoms with van der Waals surface area (Å²) in [7, 11) is -3.92. The van der Waals surface area contributed by atoms with Gasteiger partial charge in [-0.25, -0.2) is 0 Å². The number of aromatic amines is 1. The van der Waals surface area contributed by atoms with Crippen LogP contribution in [0.25, 0.3) is 10.9 Å². The first-order chi connectivity index (χ1) is 14.5. The van der Waals surface area contributed by atoms with Gasteiger partial charge in [-0.2, -0.15) is 8.42 Å². The largest absolute Gasteiger partial charge is 0.460 e. The molecule has 31 heavy (non-hydrogen) atoms. The summed E-state index contributed by atoms with van der Waals surface area (Å²) < 4.78 is 36.1. The number of fused-ring (bicyclic) bond motifs is 1. The summed E-state index contributed by atoms with van der Waals surface area (Å²) >= 11 is 0. The zero-order valence-electron chi connectivity index (χ0n) is 18.3. The molecule has 1 heterocycles. The summed E-state index contributed by atoms with van der Waals surface area (Å²) in [6.07, 6.45) is 2.42. The summed E-state index contributed by atoms with van der Waals surface area (Å²) in [5.74, 6) is -0.747. The van der Waals surface area contributed by atoms with Gasteiger partial charge in [0.2, 0.25) is 0 Å². The fraction of sp³-hybridized carbons (Fsp3) is 0.375. The highest BCUT2D eigenvalue weighted by Crippen LogP contribution is 2.24. The fourth-order valence-electron chi connectivity index (χ4n) is 3.38. The predicted molar refractivity (Wildman–Crippen MR) is 120 cm³/mol. The normalized spacial score (nSPS) is 13.3. The van der Waals surface area contributed by atoms with Gasteiger partial charge in [0, 0.05) is 17.1 Å². The minimum atomic E-state index is -3.92. The minimum Gasteiger partial charge on any atom is -0.460 e. The molecule has 3 aromatic rings. The molecule has 0 aliphatic carbocycles. The standard InChI is InChI=1S/C24H29NO5S/c1-17-9-11-20(12-10-17)31(27,28)29-16-18(14-23(26)30-24(2,3)4)13-19-15-25-22-8-6-5-7-21(19)22/h5-12,15,18,25H,13-14,16H2,1-4H3/t18-/m1/s1. The minimum absolute atomic E-state index is 0.0557. The Morgan fingerprint density at radius 2 is 1.74 bits per heavy atom. The first kappa shape index (κ1) is 23.0. The van der Waals surface area contributed by atoms with Gasteiger partial charge in [0.15, 0.2) is 0 Å². The van der Waals surface area contributed by atoms with Crippen molar-refractivity contribution in [3.63, 3.8) is 0 Å². The van der Waals surface area contributed by atoms with Crippen molar-refractivity contribution < 1.29 is 22.1 Å². The lowest BCUT2D eigenvalue weighted by molar-refractivity contribution is -0.156. The van der Waals surface area contributed by atoms with Crippen molar-refractivity contribution in [3.05, 3.63) is 65.9 Å². The van der Waals surface area contributed by atoms with Crippen LogP contribution >= 0.6 is 0 Å². The highest BCUT2D eigenvalue weighted by molar-refractivity contribution is 7.86. The third kappa shape index (κ3) is 6.42. The van der Waals surface area contributed by atoms with Crippen molar-refractivity contribution in [3.8, 4) is 0 Å². The third-order valence-electron chi connectivity index (χ3n) is 4.83. The van der Waals surface area contributed by atoms with Crippen LogP contribution in [0.2, 0.25) is 0 Å². The highest BCUT2D eigenvalue weighted by atomic mass is 32.2. The molecule has 1 atom stereocenters. The lowest BCUT2D eigenvalue weighted by Gasteiger charge is -2.22. The lowest BCUT2D eigenvalue weighted by Crippen LogP contribution is -2.27. The number of H-pyrrole nitrogens is 1. The Hall–Kier alpha value is -2.64. The molecular weight excluding hydrogens is 414 g/mol. The predicted octanol–water partition coefficient (Wildman–Crippen LogP) is 4.77. The van der Waals surface area contributed by atoms with Crippen LogP contribution in [0.1, 0.15) is 38.3 Å². The van der Waals surface area contributed by atoms with Gasteiger partial charge in [0.05, 0.1) is 17.9 Å². The molecule has 0 unspecified atom stereocenters. The first-order valence-corrected chi connectivity index (χ1v) is 11.7. The first-order valence-electron chi connectivity index (χ1n) is 10.3. The molecule has 6 nitrogen and oxygen atoms in total. The Morgan fingerprint density at radius 1 is 1.06 bits per heavy atom. The van der Waals surface area contributed by atoms with Crippen molar-refractivity contribution >= 4 is 27.0 Å². The molecule has 2 aromatic carbocycles. The number of para-hydroxylation sites is 1. The summed E-state index contributed by atoms with van der Waals surface area (Å²) in [6, 6.07) is 14.3. The SMILES string of the molecule is Cc1ccc(S(=O)(=O)OC[C@@H](CC(=O)OC(C)(C)C)Cc2c[nH]c3ccccc23)cc1. The van der Waals surface area contributed by atoms with E-state index in [1.165, 1.54) is 12.1 Å². The zero-order chi connectivity index (χ0) is 22.6. The van der Waals surface area contributed by atoms with Gasteiger partial charge >= 0.3 is 5.97 Å². The maximum atomic E-state index is 12.6. The molecule has 0 aliphatic heterocycles. The molecule has 0 radical (unpaired) electrons. The van der Waals surface area contributed by atoms with Crippen LogP contribution in [-0.4, -0.2) is 31.6 Å². The Balaban J connectivity index is 1.78. The second-order valence-corrected chi connectivity index (χ2v) is 10.4. The fourth-order valence-corrected chi connectivity index (χ4v) is 4.36. The number of esters is 1. The molecule has 0 saturated heterocycles. The van der Waals surface area contributed by atoms with Crippen LogP contribution in [0, 0.1) is 12.8 Å². The molecule has 166 valence electrons. The van der Waals surface area contributed by atoms with Crippen molar-refractivity contribution in [2.24, 2.45) is 5.92 Å². The zero-order valence-corrected chi connectivity index (χ0v) is 19.2. The summed E-state index contributed by atoms with van der Waals surface area (Å²) in [4.78, 5) is 15.8. The van der Waals surface area contributed by atoms with Crippen molar-refractivity contribution in [1.82, 2.24) is 4.98 Å². The van der Waals surface area contributed by atoms with E-state index in [0.717, 1.165) is 22.0 Å². The number of nitrogens with one attached hydrogen (secondary N) is 1. The topological polar surface area (TPSA) is 85.5 Å². The van der Waals surface area contributed by atoms with E-state index >= 15 is 0 Å². The van der Waals surface area contributed by atoms with Crippen molar-refractivity contribution in [1.29, 1.82) is 0 Å². The van der Waals surface area contributed by atoms with Crippen LogP contribution in [0.3, 0.4) is 0 Å². The quantitative estimate of drug-likeness (QED) is 0.400. The van der Waals surface area contributed by atoms with E-state index in [4.69, 9.17) is 8.92 Å². The average molecular weight is 444 g/mol. The number of carbonyl (C=O) groups is 1. The van der Waals surface area contributed by atoms with E-state index in [-0.39, 0.29) is 29.8 Å². The number of hydrogen-bond donors (Lipinski definition) is 1. The number of carbonyl (C=O) groups excluding carboxylic acids is 1. The van der Waals surface area contributed by atoms with E-state index in [1.807, 2.05) is 37.4 Å². The number of benzene rings is 2. The maximum absolute atomic E-state index is 12.6. The van der Waals surface area contributed by atoms with Crippen LogP contribution in [-0.2, 0) is 30.3 Å². The monoisotopic (exact) mass is 443 g/mol. The Bertz CT molecular complexity index is 1140. The number of aromatic nitrogens is 1. The number of rotatable bonds is 8. The summed E-state index contributed by atoms with van der Waals surface area (Å²) in [6.45, 7) is 7.18. The highest BCUT2D eigenvalue weighted by Gasteiger charge is 2.24. The molecule has 0 fully saturated rings. The van der Waals surface area contributed by atoms with E-state index in [0.29, 0.717) is 6.42 Å². The molecule has 7 heteroatoms. The second kappa shape index (κ2) is 9.24. The van der Waals surface area contributed by atoms with Crippen LogP contribution in [0.15, 0.2) is 59.6 Å². The maximum Gasteiger partial charge on any atom is 0.306 e. The number of ether oxygens (including phenoxy) is 1. The molecule has 0 aliphatic rings. The lowest BCUT2D eigenvalue weighted by atomic mass is 9.96. The van der Waals surface area contributed by atoms with Crippen molar-refractivity contribution in [2.75, 3.05) is 6.61 Å². The summed E-state index contributed by atoms with van der Waals surface area (Å²) in [5, 5.41) is 1.04. The summed E-state index contributed by atoms with van der Waals surface area (Å²) in [5.41, 5.74) is 2.33. The molecule has 0 amide bonds. The van der Waals surface area contributed by atoms with E-state index < -0.39 is 15.7 Å². The second-order valence-electron chi connectivity index (χ2n) is 8.77. The molecule has 3 rings (SSSR count). The third-order valence-corrected chi connectivity index (χ3v) is 6.12. The van der Waals surface area contributed by atoms with Gasteiger partial charge in [-0.3, -0.25) is 8.98 Å². The van der Waals surface area contributed by atoms with Crippen molar-refractivity contribution in [2.45, 2.75) is 51.0 Å². The Labute approximate surface area is 183 Å². The van der Waals surface area contributed by atoms with Gasteiger partial charge in [-0.15, -0.1) is 0 Å². The molecule has 0 saturated carbocycles. The molecule has 0 spiro atoms. The molecule has 0 bridgehead atoms. The smallest absolute Gasteiger partial charge is 0.306 e. The Morgan fingerprint density at radius 3 is 2.42 bits per heavy atom. The average Bonchev–Trinajstić information content (AvgIpc) is 3.08.